The molecule has 0 spiro atoms. The molecule has 0 atom stereocenters. The summed E-state index contributed by atoms with van der Waals surface area (Å²) in [6, 6.07) is 5.52. The summed E-state index contributed by atoms with van der Waals surface area (Å²) in [5, 5.41) is 7.26. The molecule has 0 aliphatic heterocycles. The molecule has 1 N–H and O–H groups in total. The van der Waals surface area contributed by atoms with Gasteiger partial charge < -0.3 is 5.32 Å². The number of aromatic nitrogens is 2. The quantitative estimate of drug-likeness (QED) is 0.824. The second-order valence-corrected chi connectivity index (χ2v) is 4.15. The van der Waals surface area contributed by atoms with Gasteiger partial charge in [0.15, 0.2) is 0 Å². The zero-order valence-electron chi connectivity index (χ0n) is 10.2. The topological polar surface area (TPSA) is 29.9 Å². The van der Waals surface area contributed by atoms with Gasteiger partial charge in [-0.15, -0.1) is 0 Å². The first-order valence-corrected chi connectivity index (χ1v) is 5.78. The van der Waals surface area contributed by atoms with E-state index in [-0.39, 0.29) is 0 Å². The summed E-state index contributed by atoms with van der Waals surface area (Å²) < 4.78 is 27.7. The predicted octanol–water partition coefficient (Wildman–Crippen LogP) is 2.03. The average molecular weight is 251 g/mol. The molecule has 3 nitrogen and oxygen atoms in total. The van der Waals surface area contributed by atoms with Crippen LogP contribution in [0.2, 0.25) is 0 Å². The van der Waals surface area contributed by atoms with Crippen molar-refractivity contribution in [3.05, 3.63) is 53.4 Å². The van der Waals surface area contributed by atoms with Gasteiger partial charge in [-0.25, -0.2) is 8.78 Å². The first-order chi connectivity index (χ1) is 8.65. The maximum atomic E-state index is 12.9. The summed E-state index contributed by atoms with van der Waals surface area (Å²) in [5.74, 6) is -1.06. The lowest BCUT2D eigenvalue weighted by Crippen LogP contribution is -2.18. The number of rotatable bonds is 5. The lowest BCUT2D eigenvalue weighted by molar-refractivity contribution is 0.576. The molecule has 0 aliphatic rings. The van der Waals surface area contributed by atoms with Gasteiger partial charge in [0.05, 0.1) is 5.69 Å². The van der Waals surface area contributed by atoms with Crippen molar-refractivity contribution >= 4 is 0 Å². The molecule has 0 radical (unpaired) electrons. The Labute approximate surface area is 104 Å². The van der Waals surface area contributed by atoms with Crippen molar-refractivity contribution < 1.29 is 8.78 Å². The normalized spacial score (nSPS) is 10.8. The van der Waals surface area contributed by atoms with Crippen LogP contribution in [0.4, 0.5) is 8.78 Å². The Morgan fingerprint density at radius 2 is 1.94 bits per heavy atom. The Balaban J connectivity index is 1.80. The summed E-state index contributed by atoms with van der Waals surface area (Å²) in [6.45, 7) is 1.35. The van der Waals surface area contributed by atoms with Crippen LogP contribution in [0.5, 0.6) is 0 Å². The van der Waals surface area contributed by atoms with E-state index in [1.807, 2.05) is 13.1 Å². The fourth-order valence-corrected chi connectivity index (χ4v) is 1.78. The van der Waals surface area contributed by atoms with Crippen molar-refractivity contribution in [1.29, 1.82) is 0 Å². The number of hydrogen-bond donors (Lipinski definition) is 1. The Bertz CT molecular complexity index is 502. The van der Waals surface area contributed by atoms with Crippen molar-refractivity contribution in [2.75, 3.05) is 6.54 Å². The highest BCUT2D eigenvalue weighted by atomic mass is 19.1. The first-order valence-electron chi connectivity index (χ1n) is 5.78. The van der Waals surface area contributed by atoms with E-state index in [9.17, 15) is 8.78 Å². The van der Waals surface area contributed by atoms with Crippen LogP contribution in [0.15, 0.2) is 30.5 Å². The molecule has 2 rings (SSSR count). The maximum Gasteiger partial charge on any atom is 0.126 e. The molecule has 96 valence electrons. The van der Waals surface area contributed by atoms with Gasteiger partial charge in [-0.2, -0.15) is 5.10 Å². The molecule has 1 aromatic heterocycles. The molecule has 0 fully saturated rings. The first kappa shape index (κ1) is 12.7. The molecule has 1 heterocycles. The van der Waals surface area contributed by atoms with E-state index in [1.165, 1.54) is 12.1 Å². The minimum absolute atomic E-state index is 0.531. The number of nitrogens with one attached hydrogen (secondary N) is 1. The van der Waals surface area contributed by atoms with E-state index in [0.717, 1.165) is 11.8 Å². The van der Waals surface area contributed by atoms with Crippen molar-refractivity contribution in [1.82, 2.24) is 15.1 Å². The van der Waals surface area contributed by atoms with E-state index in [0.29, 0.717) is 25.1 Å². The molecule has 0 bridgehead atoms. The average Bonchev–Trinajstić information content (AvgIpc) is 2.69. The number of hydrogen-bond acceptors (Lipinski definition) is 2. The molecule has 0 saturated heterocycles. The lowest BCUT2D eigenvalue weighted by Gasteiger charge is -2.05. The number of halogens is 2. The van der Waals surface area contributed by atoms with Gasteiger partial charge >= 0.3 is 0 Å². The van der Waals surface area contributed by atoms with Gasteiger partial charge in [0, 0.05) is 25.9 Å². The number of benzene rings is 1. The molecule has 0 aliphatic carbocycles. The smallest absolute Gasteiger partial charge is 0.126 e. The zero-order valence-corrected chi connectivity index (χ0v) is 10.2. The molecule has 2 aromatic rings. The molecular weight excluding hydrogens is 236 g/mol. The van der Waals surface area contributed by atoms with Gasteiger partial charge in [0.25, 0.3) is 0 Å². The standard InChI is InChI=1S/C13H15F2N3/c1-18-13(3-5-17-18)9-16-4-2-10-6-11(14)8-12(15)7-10/h3,5-8,16H,2,4,9H2,1H3. The van der Waals surface area contributed by atoms with Crippen molar-refractivity contribution in [3.8, 4) is 0 Å². The number of nitrogens with zero attached hydrogens (tertiary/aromatic N) is 2. The Kier molecular flexibility index (Phi) is 4.04. The van der Waals surface area contributed by atoms with E-state index in [1.54, 1.807) is 10.9 Å². The second-order valence-electron chi connectivity index (χ2n) is 4.15. The van der Waals surface area contributed by atoms with E-state index >= 15 is 0 Å². The minimum Gasteiger partial charge on any atom is -0.311 e. The molecular formula is C13H15F2N3. The van der Waals surface area contributed by atoms with E-state index < -0.39 is 11.6 Å². The second kappa shape index (κ2) is 5.73. The van der Waals surface area contributed by atoms with Gasteiger partial charge in [-0.05, 0) is 36.7 Å². The molecule has 0 amide bonds. The van der Waals surface area contributed by atoms with Crippen LogP contribution in [0.25, 0.3) is 0 Å². The van der Waals surface area contributed by atoms with Gasteiger partial charge in [-0.3, -0.25) is 4.68 Å². The maximum absolute atomic E-state index is 12.9. The van der Waals surface area contributed by atoms with Crippen LogP contribution >= 0.6 is 0 Å². The zero-order chi connectivity index (χ0) is 13.0. The molecule has 0 unspecified atom stereocenters. The van der Waals surface area contributed by atoms with Crippen LogP contribution in [0.1, 0.15) is 11.3 Å². The van der Waals surface area contributed by atoms with Crippen molar-refractivity contribution in [2.24, 2.45) is 7.05 Å². The molecule has 0 saturated carbocycles. The fraction of sp³-hybridized carbons (Fsp3) is 0.308. The van der Waals surface area contributed by atoms with Crippen LogP contribution in [0.3, 0.4) is 0 Å². The summed E-state index contributed by atoms with van der Waals surface area (Å²) in [5.41, 5.74) is 1.73. The van der Waals surface area contributed by atoms with E-state index in [2.05, 4.69) is 10.4 Å². The van der Waals surface area contributed by atoms with Crippen LogP contribution in [-0.4, -0.2) is 16.3 Å². The van der Waals surface area contributed by atoms with Crippen LogP contribution in [0, 0.1) is 11.6 Å². The highest BCUT2D eigenvalue weighted by Crippen LogP contribution is 2.08. The predicted molar refractivity (Wildman–Crippen MR) is 65.0 cm³/mol. The molecule has 1 aromatic carbocycles. The van der Waals surface area contributed by atoms with Crippen molar-refractivity contribution in [3.63, 3.8) is 0 Å². The third-order valence-corrected chi connectivity index (χ3v) is 2.74. The monoisotopic (exact) mass is 251 g/mol. The molecule has 18 heavy (non-hydrogen) atoms. The lowest BCUT2D eigenvalue weighted by atomic mass is 10.1. The van der Waals surface area contributed by atoms with Crippen LogP contribution in [-0.2, 0) is 20.0 Å². The summed E-state index contributed by atoms with van der Waals surface area (Å²) in [7, 11) is 1.87. The van der Waals surface area contributed by atoms with Crippen LogP contribution < -0.4 is 5.32 Å². The van der Waals surface area contributed by atoms with E-state index in [4.69, 9.17) is 0 Å². The van der Waals surface area contributed by atoms with Gasteiger partial charge in [-0.1, -0.05) is 0 Å². The third kappa shape index (κ3) is 3.37. The number of aryl methyl sites for hydroxylation is 1. The largest absolute Gasteiger partial charge is 0.311 e. The van der Waals surface area contributed by atoms with Crippen molar-refractivity contribution in [2.45, 2.75) is 13.0 Å². The Morgan fingerprint density at radius 3 is 2.56 bits per heavy atom. The fourth-order valence-electron chi connectivity index (χ4n) is 1.78. The summed E-state index contributed by atoms with van der Waals surface area (Å²) in [6.07, 6.45) is 2.32. The van der Waals surface area contributed by atoms with Gasteiger partial charge in [0.1, 0.15) is 11.6 Å². The Hall–Kier alpha value is -1.75. The SMILES string of the molecule is Cn1nccc1CNCCc1cc(F)cc(F)c1. The Morgan fingerprint density at radius 1 is 1.22 bits per heavy atom. The highest BCUT2D eigenvalue weighted by Gasteiger charge is 2.01. The highest BCUT2D eigenvalue weighted by molar-refractivity contribution is 5.18. The molecule has 5 heteroatoms. The van der Waals surface area contributed by atoms with Gasteiger partial charge in [0.2, 0.25) is 0 Å². The summed E-state index contributed by atoms with van der Waals surface area (Å²) >= 11 is 0. The third-order valence-electron chi connectivity index (χ3n) is 2.74. The minimum atomic E-state index is -0.531. The summed E-state index contributed by atoms with van der Waals surface area (Å²) in [4.78, 5) is 0.